The molecule has 1 fully saturated rings. The SMILES string of the molecule is OC(CSC1CCCC1)CC1OCCc2ccccc21. The lowest BCUT2D eigenvalue weighted by atomic mass is 9.94. The molecule has 2 atom stereocenters. The van der Waals surface area contributed by atoms with Crippen molar-refractivity contribution in [1.82, 2.24) is 0 Å². The lowest BCUT2D eigenvalue weighted by molar-refractivity contribution is 0.00944. The van der Waals surface area contributed by atoms with Gasteiger partial charge in [-0.15, -0.1) is 0 Å². The lowest BCUT2D eigenvalue weighted by Gasteiger charge is -2.28. The summed E-state index contributed by atoms with van der Waals surface area (Å²) < 4.78 is 5.88. The largest absolute Gasteiger partial charge is 0.392 e. The van der Waals surface area contributed by atoms with E-state index in [0.29, 0.717) is 0 Å². The molecule has 1 N–H and O–H groups in total. The summed E-state index contributed by atoms with van der Waals surface area (Å²) in [5, 5.41) is 11.1. The van der Waals surface area contributed by atoms with Gasteiger partial charge in [0.25, 0.3) is 0 Å². The Bertz CT molecular complexity index is 429. The first-order valence-corrected chi connectivity index (χ1v) is 8.87. The van der Waals surface area contributed by atoms with Crippen LogP contribution in [0.25, 0.3) is 0 Å². The molecule has 2 nitrogen and oxygen atoms in total. The quantitative estimate of drug-likeness (QED) is 0.896. The molecule has 1 aromatic carbocycles. The molecule has 0 aromatic heterocycles. The zero-order valence-corrected chi connectivity index (χ0v) is 12.8. The Hall–Kier alpha value is -0.510. The molecule has 20 heavy (non-hydrogen) atoms. The van der Waals surface area contributed by atoms with Crippen molar-refractivity contribution in [3.63, 3.8) is 0 Å². The molecular weight excluding hydrogens is 268 g/mol. The van der Waals surface area contributed by atoms with Gasteiger partial charge in [0.05, 0.1) is 18.8 Å². The number of rotatable bonds is 5. The maximum Gasteiger partial charge on any atom is 0.0852 e. The number of fused-ring (bicyclic) bond motifs is 1. The van der Waals surface area contributed by atoms with Gasteiger partial charge in [-0.3, -0.25) is 0 Å². The highest BCUT2D eigenvalue weighted by Gasteiger charge is 2.24. The monoisotopic (exact) mass is 292 g/mol. The van der Waals surface area contributed by atoms with Gasteiger partial charge in [-0.2, -0.15) is 11.8 Å². The Morgan fingerprint density at radius 1 is 1.25 bits per heavy atom. The summed E-state index contributed by atoms with van der Waals surface area (Å²) in [6, 6.07) is 8.49. The average molecular weight is 292 g/mol. The topological polar surface area (TPSA) is 29.5 Å². The number of aliphatic hydroxyl groups excluding tert-OH is 1. The van der Waals surface area contributed by atoms with Crippen molar-refractivity contribution in [2.45, 2.75) is 56.0 Å². The standard InChI is InChI=1S/C17H24O2S/c18-14(12-20-15-6-2-3-7-15)11-17-16-8-4-1-5-13(16)9-10-19-17/h1,4-5,8,14-15,17-18H,2-3,6-7,9-12H2. The van der Waals surface area contributed by atoms with Crippen LogP contribution < -0.4 is 0 Å². The zero-order valence-electron chi connectivity index (χ0n) is 12.0. The van der Waals surface area contributed by atoms with E-state index in [1.165, 1.54) is 36.8 Å². The lowest BCUT2D eigenvalue weighted by Crippen LogP contribution is -2.22. The fraction of sp³-hybridized carbons (Fsp3) is 0.647. The van der Waals surface area contributed by atoms with Crippen LogP contribution in [0, 0.1) is 0 Å². The summed E-state index contributed by atoms with van der Waals surface area (Å²) in [5.74, 6) is 0.854. The van der Waals surface area contributed by atoms with Crippen LogP contribution in [0.15, 0.2) is 24.3 Å². The molecule has 0 bridgehead atoms. The number of benzene rings is 1. The summed E-state index contributed by atoms with van der Waals surface area (Å²) in [7, 11) is 0. The molecule has 3 rings (SSSR count). The van der Waals surface area contributed by atoms with Crippen molar-refractivity contribution in [2.75, 3.05) is 12.4 Å². The Balaban J connectivity index is 1.52. The van der Waals surface area contributed by atoms with Crippen LogP contribution in [0.1, 0.15) is 49.3 Å². The van der Waals surface area contributed by atoms with E-state index in [4.69, 9.17) is 4.74 Å². The van der Waals surface area contributed by atoms with Crippen molar-refractivity contribution in [3.05, 3.63) is 35.4 Å². The second kappa shape index (κ2) is 6.97. The number of thioether (sulfide) groups is 1. The Labute approximate surface area is 125 Å². The van der Waals surface area contributed by atoms with Gasteiger partial charge < -0.3 is 9.84 Å². The molecule has 2 unspecified atom stereocenters. The summed E-state index contributed by atoms with van der Waals surface area (Å²) in [6.07, 6.45) is 6.96. The number of aliphatic hydroxyl groups is 1. The molecule has 1 aromatic rings. The van der Waals surface area contributed by atoms with Crippen LogP contribution in [0.5, 0.6) is 0 Å². The third-order valence-corrected chi connectivity index (χ3v) is 5.93. The van der Waals surface area contributed by atoms with Gasteiger partial charge in [-0.1, -0.05) is 37.1 Å². The maximum atomic E-state index is 10.3. The average Bonchev–Trinajstić information content (AvgIpc) is 2.99. The maximum absolute atomic E-state index is 10.3. The fourth-order valence-corrected chi connectivity index (χ4v) is 4.59. The fourth-order valence-electron chi connectivity index (χ4n) is 3.29. The molecule has 2 aliphatic rings. The Morgan fingerprint density at radius 2 is 2.05 bits per heavy atom. The van der Waals surface area contributed by atoms with Gasteiger partial charge in [0.1, 0.15) is 0 Å². The van der Waals surface area contributed by atoms with Crippen LogP contribution in [-0.4, -0.2) is 28.8 Å². The van der Waals surface area contributed by atoms with Gasteiger partial charge >= 0.3 is 0 Å². The molecule has 1 saturated carbocycles. The first kappa shape index (κ1) is 14.4. The van der Waals surface area contributed by atoms with Crippen LogP contribution >= 0.6 is 11.8 Å². The second-order valence-corrected chi connectivity index (χ2v) is 7.27. The van der Waals surface area contributed by atoms with E-state index in [2.05, 4.69) is 24.3 Å². The van der Waals surface area contributed by atoms with Crippen LogP contribution in [0.2, 0.25) is 0 Å². The molecule has 0 spiro atoms. The molecule has 1 heterocycles. The molecule has 0 saturated heterocycles. The van der Waals surface area contributed by atoms with Crippen LogP contribution in [0.4, 0.5) is 0 Å². The number of ether oxygens (including phenoxy) is 1. The summed E-state index contributed by atoms with van der Waals surface area (Å²) in [6.45, 7) is 0.782. The van der Waals surface area contributed by atoms with Crippen molar-refractivity contribution < 1.29 is 9.84 Å². The van der Waals surface area contributed by atoms with E-state index in [9.17, 15) is 5.11 Å². The van der Waals surface area contributed by atoms with E-state index in [1.54, 1.807) is 0 Å². The number of hydrogen-bond donors (Lipinski definition) is 1. The van der Waals surface area contributed by atoms with Gasteiger partial charge in [0, 0.05) is 17.4 Å². The van der Waals surface area contributed by atoms with Gasteiger partial charge in [0.2, 0.25) is 0 Å². The van der Waals surface area contributed by atoms with E-state index in [0.717, 1.165) is 30.5 Å². The third-order valence-electron chi connectivity index (χ3n) is 4.41. The first-order chi connectivity index (χ1) is 9.83. The van der Waals surface area contributed by atoms with E-state index >= 15 is 0 Å². The minimum absolute atomic E-state index is 0.0825. The van der Waals surface area contributed by atoms with Crippen molar-refractivity contribution >= 4 is 11.8 Å². The highest BCUT2D eigenvalue weighted by molar-refractivity contribution is 7.99. The molecule has 0 amide bonds. The Kier molecular flexibility index (Phi) is 5.03. The Morgan fingerprint density at radius 3 is 2.90 bits per heavy atom. The van der Waals surface area contributed by atoms with Crippen LogP contribution in [-0.2, 0) is 11.2 Å². The minimum Gasteiger partial charge on any atom is -0.392 e. The third kappa shape index (κ3) is 3.57. The highest BCUT2D eigenvalue weighted by Crippen LogP contribution is 2.33. The predicted molar refractivity (Wildman–Crippen MR) is 84.2 cm³/mol. The highest BCUT2D eigenvalue weighted by atomic mass is 32.2. The van der Waals surface area contributed by atoms with Gasteiger partial charge in [-0.05, 0) is 30.4 Å². The normalized spacial score (nSPS) is 24.6. The van der Waals surface area contributed by atoms with E-state index in [1.807, 2.05) is 11.8 Å². The molecule has 0 radical (unpaired) electrons. The minimum atomic E-state index is -0.253. The molecule has 3 heteroatoms. The van der Waals surface area contributed by atoms with Gasteiger partial charge in [-0.25, -0.2) is 0 Å². The van der Waals surface area contributed by atoms with Crippen molar-refractivity contribution in [3.8, 4) is 0 Å². The summed E-state index contributed by atoms with van der Waals surface area (Å²) >= 11 is 1.96. The van der Waals surface area contributed by atoms with E-state index < -0.39 is 0 Å². The van der Waals surface area contributed by atoms with Crippen LogP contribution in [0.3, 0.4) is 0 Å². The summed E-state index contributed by atoms with van der Waals surface area (Å²) in [4.78, 5) is 0. The zero-order chi connectivity index (χ0) is 13.8. The van der Waals surface area contributed by atoms with Gasteiger partial charge in [0.15, 0.2) is 0 Å². The second-order valence-electron chi connectivity index (χ2n) is 5.94. The molecular formula is C17H24O2S. The predicted octanol–water partition coefficient (Wildman–Crippen LogP) is 3.73. The smallest absolute Gasteiger partial charge is 0.0852 e. The molecule has 1 aliphatic heterocycles. The number of hydrogen-bond acceptors (Lipinski definition) is 3. The van der Waals surface area contributed by atoms with E-state index in [-0.39, 0.29) is 12.2 Å². The molecule has 1 aliphatic carbocycles. The first-order valence-electron chi connectivity index (χ1n) is 7.82. The van der Waals surface area contributed by atoms with Crippen molar-refractivity contribution in [1.29, 1.82) is 0 Å². The molecule has 110 valence electrons. The summed E-state index contributed by atoms with van der Waals surface area (Å²) in [5.41, 5.74) is 2.67. The van der Waals surface area contributed by atoms with Crippen molar-refractivity contribution in [2.24, 2.45) is 0 Å².